The van der Waals surface area contributed by atoms with Gasteiger partial charge >= 0.3 is 0 Å². The Kier molecular flexibility index (Phi) is 1.92. The quantitative estimate of drug-likeness (QED) is 0.673. The van der Waals surface area contributed by atoms with E-state index in [1.807, 2.05) is 0 Å². The third-order valence-electron chi connectivity index (χ3n) is 2.79. The molecule has 0 aromatic carbocycles. The minimum absolute atomic E-state index is 0.241. The fourth-order valence-electron chi connectivity index (χ4n) is 1.78. The van der Waals surface area contributed by atoms with Crippen LogP contribution in [0.4, 0.5) is 0 Å². The maximum atomic E-state index is 11.1. The molecule has 0 aromatic rings. The van der Waals surface area contributed by atoms with E-state index < -0.39 is 9.84 Å². The monoisotopic (exact) mass is 189 g/mol. The van der Waals surface area contributed by atoms with Gasteiger partial charge in [-0.3, -0.25) is 0 Å². The average Bonchev–Trinajstić information content (AvgIpc) is 2.49. The van der Waals surface area contributed by atoms with Crippen molar-refractivity contribution in [2.45, 2.75) is 31.8 Å². The van der Waals surface area contributed by atoms with Gasteiger partial charge in [0, 0.05) is 12.1 Å². The third kappa shape index (κ3) is 1.80. The van der Waals surface area contributed by atoms with Gasteiger partial charge in [-0.15, -0.1) is 0 Å². The molecular formula is C8H15NO2S. The fourth-order valence-corrected chi connectivity index (χ4v) is 3.47. The molecule has 1 saturated heterocycles. The van der Waals surface area contributed by atoms with Crippen LogP contribution in [0.3, 0.4) is 0 Å². The van der Waals surface area contributed by atoms with E-state index in [2.05, 4.69) is 12.2 Å². The second-order valence-corrected chi connectivity index (χ2v) is 6.31. The van der Waals surface area contributed by atoms with Crippen molar-refractivity contribution in [3.05, 3.63) is 0 Å². The number of hydrogen-bond acceptors (Lipinski definition) is 3. The number of nitrogens with one attached hydrogen (secondary N) is 1. The molecule has 0 radical (unpaired) electrons. The Morgan fingerprint density at radius 2 is 2.08 bits per heavy atom. The Hall–Kier alpha value is -0.0900. The lowest BCUT2D eigenvalue weighted by molar-refractivity contribution is 0.535. The number of sulfone groups is 1. The molecule has 3 nitrogen and oxygen atoms in total. The Morgan fingerprint density at radius 1 is 1.42 bits per heavy atom. The number of rotatable bonds is 2. The molecule has 0 bridgehead atoms. The maximum Gasteiger partial charge on any atom is 0.151 e. The molecule has 70 valence electrons. The topological polar surface area (TPSA) is 46.2 Å². The van der Waals surface area contributed by atoms with Gasteiger partial charge < -0.3 is 5.32 Å². The van der Waals surface area contributed by atoms with Gasteiger partial charge in [0.05, 0.1) is 11.5 Å². The van der Waals surface area contributed by atoms with Gasteiger partial charge in [-0.05, 0) is 18.8 Å². The van der Waals surface area contributed by atoms with E-state index in [1.54, 1.807) is 0 Å². The van der Waals surface area contributed by atoms with Crippen molar-refractivity contribution in [2.75, 3.05) is 11.5 Å². The van der Waals surface area contributed by atoms with Crippen LogP contribution in [0.2, 0.25) is 0 Å². The third-order valence-corrected chi connectivity index (χ3v) is 4.56. The van der Waals surface area contributed by atoms with Gasteiger partial charge in [-0.25, -0.2) is 8.42 Å². The first kappa shape index (κ1) is 8.51. The molecule has 0 amide bonds. The average molecular weight is 189 g/mol. The van der Waals surface area contributed by atoms with Gasteiger partial charge in [0.1, 0.15) is 0 Å². The Bertz CT molecular complexity index is 273. The van der Waals surface area contributed by atoms with Crippen molar-refractivity contribution < 1.29 is 8.42 Å². The molecule has 1 saturated carbocycles. The second-order valence-electron chi connectivity index (χ2n) is 4.09. The summed E-state index contributed by atoms with van der Waals surface area (Å²) >= 11 is 0. The maximum absolute atomic E-state index is 11.1. The SMILES string of the molecule is CC1CC1NC1CCS(=O)(=O)C1. The zero-order chi connectivity index (χ0) is 8.77. The largest absolute Gasteiger partial charge is 0.310 e. The first-order valence-electron chi connectivity index (χ1n) is 4.53. The molecule has 1 aliphatic carbocycles. The minimum Gasteiger partial charge on any atom is -0.310 e. The smallest absolute Gasteiger partial charge is 0.151 e. The summed E-state index contributed by atoms with van der Waals surface area (Å²) in [7, 11) is -2.69. The summed E-state index contributed by atoms with van der Waals surface area (Å²) < 4.78 is 22.2. The Morgan fingerprint density at radius 3 is 2.50 bits per heavy atom. The van der Waals surface area contributed by atoms with Crippen molar-refractivity contribution in [2.24, 2.45) is 5.92 Å². The van der Waals surface area contributed by atoms with E-state index >= 15 is 0 Å². The lowest BCUT2D eigenvalue weighted by Gasteiger charge is -2.08. The molecule has 4 heteroatoms. The summed E-state index contributed by atoms with van der Waals surface area (Å²) in [6, 6.07) is 0.841. The molecule has 2 rings (SSSR count). The predicted octanol–water partition coefficient (Wildman–Crippen LogP) is 0.171. The van der Waals surface area contributed by atoms with Gasteiger partial charge in [-0.2, -0.15) is 0 Å². The normalized spacial score (nSPS) is 44.6. The molecule has 3 unspecified atom stereocenters. The van der Waals surface area contributed by atoms with Gasteiger partial charge in [0.2, 0.25) is 0 Å². The summed E-state index contributed by atoms with van der Waals surface area (Å²) in [4.78, 5) is 0. The number of hydrogen-bond donors (Lipinski definition) is 1. The molecule has 1 aliphatic heterocycles. The summed E-state index contributed by atoms with van der Waals surface area (Å²) in [6.07, 6.45) is 2.03. The first-order valence-corrected chi connectivity index (χ1v) is 6.35. The standard InChI is InChI=1S/C8H15NO2S/c1-6-4-8(6)9-7-2-3-12(10,11)5-7/h6-9H,2-5H2,1H3. The van der Waals surface area contributed by atoms with Gasteiger partial charge in [0.15, 0.2) is 9.84 Å². The van der Waals surface area contributed by atoms with Crippen molar-refractivity contribution in [1.29, 1.82) is 0 Å². The van der Waals surface area contributed by atoms with E-state index in [4.69, 9.17) is 0 Å². The van der Waals surface area contributed by atoms with Crippen LogP contribution in [-0.4, -0.2) is 32.0 Å². The van der Waals surface area contributed by atoms with Crippen molar-refractivity contribution in [3.63, 3.8) is 0 Å². The highest BCUT2D eigenvalue weighted by Gasteiger charge is 2.37. The molecule has 0 aromatic heterocycles. The second kappa shape index (κ2) is 2.70. The van der Waals surface area contributed by atoms with E-state index in [9.17, 15) is 8.42 Å². The van der Waals surface area contributed by atoms with Crippen LogP contribution in [0.15, 0.2) is 0 Å². The van der Waals surface area contributed by atoms with Crippen LogP contribution in [0.1, 0.15) is 19.8 Å². The lowest BCUT2D eigenvalue weighted by Crippen LogP contribution is -2.32. The summed E-state index contributed by atoms with van der Waals surface area (Å²) in [5.41, 5.74) is 0. The minimum atomic E-state index is -2.69. The van der Waals surface area contributed by atoms with Crippen molar-refractivity contribution in [3.8, 4) is 0 Å². The van der Waals surface area contributed by atoms with Gasteiger partial charge in [0.25, 0.3) is 0 Å². The lowest BCUT2D eigenvalue weighted by atomic mass is 10.2. The molecule has 1 N–H and O–H groups in total. The van der Waals surface area contributed by atoms with Crippen LogP contribution in [-0.2, 0) is 9.84 Å². The Labute approximate surface area is 73.5 Å². The molecule has 2 aliphatic rings. The van der Waals surface area contributed by atoms with Gasteiger partial charge in [-0.1, -0.05) is 6.92 Å². The van der Waals surface area contributed by atoms with E-state index in [-0.39, 0.29) is 6.04 Å². The highest BCUT2D eigenvalue weighted by Crippen LogP contribution is 2.30. The summed E-state index contributed by atoms with van der Waals surface area (Å²) in [5, 5.41) is 3.38. The molecule has 12 heavy (non-hydrogen) atoms. The van der Waals surface area contributed by atoms with Crippen LogP contribution in [0, 0.1) is 5.92 Å². The zero-order valence-electron chi connectivity index (χ0n) is 7.29. The van der Waals surface area contributed by atoms with Crippen LogP contribution < -0.4 is 5.32 Å². The highest BCUT2D eigenvalue weighted by atomic mass is 32.2. The van der Waals surface area contributed by atoms with Crippen LogP contribution in [0.25, 0.3) is 0 Å². The molecule has 2 fully saturated rings. The van der Waals surface area contributed by atoms with E-state index in [0.29, 0.717) is 17.5 Å². The molecular weight excluding hydrogens is 174 g/mol. The first-order chi connectivity index (χ1) is 5.57. The van der Waals surface area contributed by atoms with E-state index in [1.165, 1.54) is 6.42 Å². The highest BCUT2D eigenvalue weighted by molar-refractivity contribution is 7.91. The zero-order valence-corrected chi connectivity index (χ0v) is 8.10. The molecule has 1 heterocycles. The van der Waals surface area contributed by atoms with Crippen LogP contribution in [0.5, 0.6) is 0 Å². The van der Waals surface area contributed by atoms with Crippen molar-refractivity contribution in [1.82, 2.24) is 5.32 Å². The Balaban J connectivity index is 1.84. The predicted molar refractivity (Wildman–Crippen MR) is 47.8 cm³/mol. The van der Waals surface area contributed by atoms with Crippen molar-refractivity contribution >= 4 is 9.84 Å². The molecule has 0 spiro atoms. The summed E-state index contributed by atoms with van der Waals surface area (Å²) in [6.45, 7) is 2.20. The van der Waals surface area contributed by atoms with E-state index in [0.717, 1.165) is 12.3 Å². The molecule has 3 atom stereocenters. The van der Waals surface area contributed by atoms with Crippen LogP contribution >= 0.6 is 0 Å². The fraction of sp³-hybridized carbons (Fsp3) is 1.00. The summed E-state index contributed by atoms with van der Waals surface area (Å²) in [5.74, 6) is 1.50.